The van der Waals surface area contributed by atoms with E-state index in [-0.39, 0.29) is 5.91 Å². The van der Waals surface area contributed by atoms with Gasteiger partial charge in [-0.15, -0.1) is 0 Å². The van der Waals surface area contributed by atoms with Crippen LogP contribution < -0.4 is 10.6 Å². The highest BCUT2D eigenvalue weighted by molar-refractivity contribution is 5.77. The number of hydrogen-bond acceptors (Lipinski definition) is 4. The summed E-state index contributed by atoms with van der Waals surface area (Å²) in [6.45, 7) is 3.56. The van der Waals surface area contributed by atoms with E-state index >= 15 is 0 Å². The lowest BCUT2D eigenvalue weighted by atomic mass is 10.4. The van der Waals surface area contributed by atoms with Gasteiger partial charge in [0.25, 0.3) is 0 Å². The third-order valence-corrected chi connectivity index (χ3v) is 1.76. The van der Waals surface area contributed by atoms with Crippen LogP contribution in [0.4, 0.5) is 0 Å². The SMILES string of the molecule is CCCNC(=O)CNCc1ncccn1. The number of nitrogens with one attached hydrogen (secondary N) is 2. The van der Waals surface area contributed by atoms with Crippen LogP contribution >= 0.6 is 0 Å². The van der Waals surface area contributed by atoms with E-state index in [9.17, 15) is 4.79 Å². The minimum Gasteiger partial charge on any atom is -0.355 e. The van der Waals surface area contributed by atoms with Gasteiger partial charge in [-0.3, -0.25) is 4.79 Å². The maximum absolute atomic E-state index is 11.2. The zero-order chi connectivity index (χ0) is 10.9. The molecular formula is C10H16N4O. The van der Waals surface area contributed by atoms with Crippen molar-refractivity contribution in [3.8, 4) is 0 Å². The quantitative estimate of drug-likeness (QED) is 0.695. The molecule has 5 nitrogen and oxygen atoms in total. The summed E-state index contributed by atoms with van der Waals surface area (Å²) in [6.07, 6.45) is 4.32. The Bertz CT molecular complexity index is 289. The van der Waals surface area contributed by atoms with Crippen molar-refractivity contribution in [1.82, 2.24) is 20.6 Å². The average Bonchev–Trinajstić information content (AvgIpc) is 2.28. The summed E-state index contributed by atoms with van der Waals surface area (Å²) in [5, 5.41) is 5.75. The number of hydrogen-bond donors (Lipinski definition) is 2. The van der Waals surface area contributed by atoms with Gasteiger partial charge in [-0.05, 0) is 12.5 Å². The van der Waals surface area contributed by atoms with Gasteiger partial charge in [0.2, 0.25) is 5.91 Å². The van der Waals surface area contributed by atoms with Gasteiger partial charge >= 0.3 is 0 Å². The van der Waals surface area contributed by atoms with Crippen LogP contribution in [-0.2, 0) is 11.3 Å². The first kappa shape index (κ1) is 11.6. The van der Waals surface area contributed by atoms with E-state index in [4.69, 9.17) is 0 Å². The highest BCUT2D eigenvalue weighted by Gasteiger charge is 1.99. The normalized spacial score (nSPS) is 9.93. The summed E-state index contributed by atoms with van der Waals surface area (Å²) < 4.78 is 0. The van der Waals surface area contributed by atoms with Crippen molar-refractivity contribution in [3.05, 3.63) is 24.3 Å². The highest BCUT2D eigenvalue weighted by atomic mass is 16.1. The van der Waals surface area contributed by atoms with Gasteiger partial charge in [-0.2, -0.15) is 0 Å². The van der Waals surface area contributed by atoms with Gasteiger partial charge in [0.15, 0.2) is 0 Å². The zero-order valence-corrected chi connectivity index (χ0v) is 8.86. The number of aromatic nitrogens is 2. The van der Waals surface area contributed by atoms with Gasteiger partial charge in [0, 0.05) is 18.9 Å². The molecular weight excluding hydrogens is 192 g/mol. The third-order valence-electron chi connectivity index (χ3n) is 1.76. The first-order chi connectivity index (χ1) is 7.33. The smallest absolute Gasteiger partial charge is 0.233 e. The molecule has 0 atom stereocenters. The average molecular weight is 208 g/mol. The summed E-state index contributed by atoms with van der Waals surface area (Å²) in [4.78, 5) is 19.2. The second-order valence-electron chi connectivity index (χ2n) is 3.12. The molecule has 15 heavy (non-hydrogen) atoms. The fraction of sp³-hybridized carbons (Fsp3) is 0.500. The van der Waals surface area contributed by atoms with Crippen LogP contribution in [0, 0.1) is 0 Å². The van der Waals surface area contributed by atoms with Crippen molar-refractivity contribution in [2.75, 3.05) is 13.1 Å². The molecule has 2 N–H and O–H groups in total. The third kappa shape index (κ3) is 5.07. The molecule has 0 aliphatic rings. The van der Waals surface area contributed by atoms with Crippen LogP contribution in [0.1, 0.15) is 19.2 Å². The van der Waals surface area contributed by atoms with Crippen molar-refractivity contribution >= 4 is 5.91 Å². The molecule has 0 bridgehead atoms. The maximum Gasteiger partial charge on any atom is 0.233 e. The molecule has 0 unspecified atom stereocenters. The lowest BCUT2D eigenvalue weighted by Crippen LogP contribution is -2.34. The Labute approximate surface area is 89.3 Å². The summed E-state index contributed by atoms with van der Waals surface area (Å²) in [7, 11) is 0. The van der Waals surface area contributed by atoms with E-state index < -0.39 is 0 Å². The van der Waals surface area contributed by atoms with E-state index in [1.54, 1.807) is 18.5 Å². The first-order valence-corrected chi connectivity index (χ1v) is 5.06. The lowest BCUT2D eigenvalue weighted by molar-refractivity contribution is -0.120. The minimum atomic E-state index is 0.00720. The molecule has 1 amide bonds. The van der Waals surface area contributed by atoms with Crippen molar-refractivity contribution in [2.24, 2.45) is 0 Å². The molecule has 0 fully saturated rings. The fourth-order valence-electron chi connectivity index (χ4n) is 1.04. The Morgan fingerprint density at radius 3 is 2.80 bits per heavy atom. The number of amides is 1. The Hall–Kier alpha value is -1.49. The number of carbonyl (C=O) groups excluding carboxylic acids is 1. The van der Waals surface area contributed by atoms with Crippen molar-refractivity contribution in [1.29, 1.82) is 0 Å². The van der Waals surface area contributed by atoms with Gasteiger partial charge in [-0.1, -0.05) is 6.92 Å². The Kier molecular flexibility index (Phi) is 5.32. The van der Waals surface area contributed by atoms with E-state index in [1.165, 1.54) is 0 Å². The maximum atomic E-state index is 11.2. The molecule has 0 aliphatic carbocycles. The molecule has 0 spiro atoms. The van der Waals surface area contributed by atoms with Gasteiger partial charge in [0.05, 0.1) is 13.1 Å². The van der Waals surface area contributed by atoms with E-state index in [0.29, 0.717) is 18.9 Å². The van der Waals surface area contributed by atoms with Gasteiger partial charge in [0.1, 0.15) is 5.82 Å². The number of rotatable bonds is 6. The van der Waals surface area contributed by atoms with Crippen molar-refractivity contribution in [3.63, 3.8) is 0 Å². The summed E-state index contributed by atoms with van der Waals surface area (Å²) in [6, 6.07) is 1.76. The van der Waals surface area contributed by atoms with Crippen molar-refractivity contribution < 1.29 is 4.79 Å². The fourth-order valence-corrected chi connectivity index (χ4v) is 1.04. The van der Waals surface area contributed by atoms with Crippen LogP contribution in [-0.4, -0.2) is 29.0 Å². The van der Waals surface area contributed by atoms with Gasteiger partial charge in [-0.25, -0.2) is 9.97 Å². The topological polar surface area (TPSA) is 66.9 Å². The summed E-state index contributed by atoms with van der Waals surface area (Å²) >= 11 is 0. The molecule has 0 saturated carbocycles. The Balaban J connectivity index is 2.14. The molecule has 0 aromatic carbocycles. The second kappa shape index (κ2) is 6.89. The van der Waals surface area contributed by atoms with E-state index in [1.807, 2.05) is 6.92 Å². The molecule has 0 radical (unpaired) electrons. The number of carbonyl (C=O) groups is 1. The molecule has 0 saturated heterocycles. The number of nitrogens with zero attached hydrogens (tertiary/aromatic N) is 2. The highest BCUT2D eigenvalue weighted by Crippen LogP contribution is 1.85. The second-order valence-corrected chi connectivity index (χ2v) is 3.12. The summed E-state index contributed by atoms with van der Waals surface area (Å²) in [5.74, 6) is 0.702. The van der Waals surface area contributed by atoms with Crippen LogP contribution in [0.25, 0.3) is 0 Å². The summed E-state index contributed by atoms with van der Waals surface area (Å²) in [5.41, 5.74) is 0. The van der Waals surface area contributed by atoms with Crippen LogP contribution in [0.5, 0.6) is 0 Å². The minimum absolute atomic E-state index is 0.00720. The lowest BCUT2D eigenvalue weighted by Gasteiger charge is -2.04. The first-order valence-electron chi connectivity index (χ1n) is 5.06. The van der Waals surface area contributed by atoms with Crippen molar-refractivity contribution in [2.45, 2.75) is 19.9 Å². The van der Waals surface area contributed by atoms with E-state index in [0.717, 1.165) is 13.0 Å². The molecule has 1 aromatic rings. The predicted octanol–water partition coefficient (Wildman–Crippen LogP) is 0.0924. The van der Waals surface area contributed by atoms with E-state index in [2.05, 4.69) is 20.6 Å². The molecule has 82 valence electrons. The molecule has 0 aliphatic heterocycles. The molecule has 5 heteroatoms. The van der Waals surface area contributed by atoms with Crippen LogP contribution in [0.3, 0.4) is 0 Å². The monoisotopic (exact) mass is 208 g/mol. The van der Waals surface area contributed by atoms with Crippen LogP contribution in [0.15, 0.2) is 18.5 Å². The predicted molar refractivity (Wildman–Crippen MR) is 57.0 cm³/mol. The molecule has 1 heterocycles. The van der Waals surface area contributed by atoms with Gasteiger partial charge < -0.3 is 10.6 Å². The largest absolute Gasteiger partial charge is 0.355 e. The molecule has 1 aromatic heterocycles. The van der Waals surface area contributed by atoms with Crippen LogP contribution in [0.2, 0.25) is 0 Å². The standard InChI is InChI=1S/C10H16N4O/c1-2-4-14-10(15)8-11-7-9-12-5-3-6-13-9/h3,5-6,11H,2,4,7-8H2,1H3,(H,14,15). The Morgan fingerprint density at radius 1 is 1.40 bits per heavy atom. The molecule has 1 rings (SSSR count). The zero-order valence-electron chi connectivity index (χ0n) is 8.86. The Morgan fingerprint density at radius 2 is 2.13 bits per heavy atom.